The maximum absolute atomic E-state index is 10.8. The third-order valence-corrected chi connectivity index (χ3v) is 2.16. The number of carboxylic acids is 1. The normalized spacial score (nSPS) is 11.5. The van der Waals surface area contributed by atoms with Gasteiger partial charge in [0.15, 0.2) is 11.5 Å². The van der Waals surface area contributed by atoms with E-state index in [-0.39, 0.29) is 12.2 Å². The number of aromatic nitrogens is 2. The Kier molecular flexibility index (Phi) is 4.21. The molecule has 1 aromatic rings. The zero-order valence-electron chi connectivity index (χ0n) is 8.84. The second kappa shape index (κ2) is 5.66. The SMILES string of the molecule is CCC(CNc1nccnc1C#N)C(=O)O. The highest BCUT2D eigenvalue weighted by atomic mass is 16.4. The van der Waals surface area contributed by atoms with Crippen LogP contribution in [0.3, 0.4) is 0 Å². The number of carbonyl (C=O) groups is 1. The molecule has 0 aliphatic heterocycles. The van der Waals surface area contributed by atoms with Crippen LogP contribution in [0.1, 0.15) is 19.0 Å². The summed E-state index contributed by atoms with van der Waals surface area (Å²) in [4.78, 5) is 18.5. The van der Waals surface area contributed by atoms with Crippen molar-refractivity contribution in [3.05, 3.63) is 18.1 Å². The molecule has 0 saturated carbocycles. The lowest BCUT2D eigenvalue weighted by atomic mass is 10.1. The molecule has 0 radical (unpaired) electrons. The van der Waals surface area contributed by atoms with Crippen molar-refractivity contribution in [3.63, 3.8) is 0 Å². The number of rotatable bonds is 5. The predicted molar refractivity (Wildman–Crippen MR) is 56.7 cm³/mol. The Bertz CT molecular complexity index is 414. The summed E-state index contributed by atoms with van der Waals surface area (Å²) in [6.45, 7) is 2.03. The molecule has 1 aromatic heterocycles. The maximum Gasteiger partial charge on any atom is 0.308 e. The van der Waals surface area contributed by atoms with E-state index in [1.54, 1.807) is 6.92 Å². The fourth-order valence-electron chi connectivity index (χ4n) is 1.18. The largest absolute Gasteiger partial charge is 0.481 e. The predicted octanol–water partition coefficient (Wildman–Crippen LogP) is 0.871. The van der Waals surface area contributed by atoms with Crippen LogP contribution < -0.4 is 5.32 Å². The second-order valence-corrected chi connectivity index (χ2v) is 3.19. The average Bonchev–Trinajstić information content (AvgIpc) is 2.30. The Morgan fingerprint density at radius 3 is 2.88 bits per heavy atom. The van der Waals surface area contributed by atoms with Crippen molar-refractivity contribution in [1.82, 2.24) is 9.97 Å². The number of nitrogens with one attached hydrogen (secondary N) is 1. The van der Waals surface area contributed by atoms with Crippen molar-refractivity contribution in [2.45, 2.75) is 13.3 Å². The van der Waals surface area contributed by atoms with Crippen molar-refractivity contribution in [1.29, 1.82) is 5.26 Å². The fraction of sp³-hybridized carbons (Fsp3) is 0.400. The van der Waals surface area contributed by atoms with Crippen LogP contribution in [0.15, 0.2) is 12.4 Å². The molecular weight excluding hydrogens is 208 g/mol. The number of nitriles is 1. The van der Waals surface area contributed by atoms with E-state index >= 15 is 0 Å². The first-order chi connectivity index (χ1) is 7.69. The van der Waals surface area contributed by atoms with Gasteiger partial charge < -0.3 is 10.4 Å². The lowest BCUT2D eigenvalue weighted by Crippen LogP contribution is -2.22. The molecule has 6 heteroatoms. The average molecular weight is 220 g/mol. The summed E-state index contributed by atoms with van der Waals surface area (Å²) in [6.07, 6.45) is 3.38. The molecular formula is C10H12N4O2. The van der Waals surface area contributed by atoms with E-state index in [0.717, 1.165) is 0 Å². The first-order valence-corrected chi connectivity index (χ1v) is 4.86. The highest BCUT2D eigenvalue weighted by Gasteiger charge is 2.15. The number of anilines is 1. The molecule has 0 aliphatic carbocycles. The minimum Gasteiger partial charge on any atom is -0.481 e. The molecule has 6 nitrogen and oxygen atoms in total. The molecule has 0 amide bonds. The molecule has 1 unspecified atom stereocenters. The first-order valence-electron chi connectivity index (χ1n) is 4.86. The number of nitrogens with zero attached hydrogens (tertiary/aromatic N) is 3. The zero-order chi connectivity index (χ0) is 12.0. The van der Waals surface area contributed by atoms with E-state index in [4.69, 9.17) is 10.4 Å². The molecule has 1 heterocycles. The van der Waals surface area contributed by atoms with Crippen molar-refractivity contribution in [2.24, 2.45) is 5.92 Å². The molecule has 1 rings (SSSR count). The smallest absolute Gasteiger partial charge is 0.308 e. The molecule has 0 fully saturated rings. The van der Waals surface area contributed by atoms with Crippen molar-refractivity contribution < 1.29 is 9.90 Å². The van der Waals surface area contributed by atoms with Crippen LogP contribution >= 0.6 is 0 Å². The van der Waals surface area contributed by atoms with Gasteiger partial charge in [0.2, 0.25) is 0 Å². The van der Waals surface area contributed by atoms with Crippen molar-refractivity contribution in [2.75, 3.05) is 11.9 Å². The number of hydrogen-bond donors (Lipinski definition) is 2. The zero-order valence-corrected chi connectivity index (χ0v) is 8.84. The standard InChI is InChI=1S/C10H12N4O2/c1-2-7(10(15)16)6-14-9-8(5-11)12-3-4-13-9/h3-4,7H,2,6H2,1H3,(H,13,14)(H,15,16). The summed E-state index contributed by atoms with van der Waals surface area (Å²) in [5.41, 5.74) is 0.169. The third-order valence-electron chi connectivity index (χ3n) is 2.16. The molecule has 84 valence electrons. The molecule has 0 bridgehead atoms. The summed E-state index contributed by atoms with van der Waals surface area (Å²) in [5.74, 6) is -1.03. The summed E-state index contributed by atoms with van der Waals surface area (Å²) in [5, 5.41) is 20.4. The molecule has 0 spiro atoms. The minimum absolute atomic E-state index is 0.169. The Morgan fingerprint density at radius 2 is 2.31 bits per heavy atom. The molecule has 0 aliphatic rings. The summed E-state index contributed by atoms with van der Waals surface area (Å²) < 4.78 is 0. The minimum atomic E-state index is -0.864. The van der Waals surface area contributed by atoms with Gasteiger partial charge >= 0.3 is 5.97 Å². The van der Waals surface area contributed by atoms with Crippen molar-refractivity contribution >= 4 is 11.8 Å². The van der Waals surface area contributed by atoms with Gasteiger partial charge in [0, 0.05) is 18.9 Å². The summed E-state index contributed by atoms with van der Waals surface area (Å²) in [6, 6.07) is 1.88. The Balaban J connectivity index is 2.67. The van der Waals surface area contributed by atoms with E-state index in [0.29, 0.717) is 12.2 Å². The molecule has 0 saturated heterocycles. The second-order valence-electron chi connectivity index (χ2n) is 3.19. The number of hydrogen-bond acceptors (Lipinski definition) is 5. The first kappa shape index (κ1) is 11.9. The quantitative estimate of drug-likeness (QED) is 0.763. The van der Waals surface area contributed by atoms with Gasteiger partial charge in [0.25, 0.3) is 0 Å². The van der Waals surface area contributed by atoms with Crippen LogP contribution in [-0.2, 0) is 4.79 Å². The lowest BCUT2D eigenvalue weighted by Gasteiger charge is -2.11. The summed E-state index contributed by atoms with van der Waals surface area (Å²) in [7, 11) is 0. The van der Waals surface area contributed by atoms with Crippen molar-refractivity contribution in [3.8, 4) is 6.07 Å². The Labute approximate surface area is 93.0 Å². The Morgan fingerprint density at radius 1 is 1.62 bits per heavy atom. The lowest BCUT2D eigenvalue weighted by molar-refractivity contribution is -0.141. The van der Waals surface area contributed by atoms with Gasteiger partial charge in [-0.15, -0.1) is 0 Å². The number of aliphatic carboxylic acids is 1. The van der Waals surface area contributed by atoms with Crippen LogP contribution in [0.5, 0.6) is 0 Å². The van der Waals surface area contributed by atoms with Crippen LogP contribution in [-0.4, -0.2) is 27.6 Å². The van der Waals surface area contributed by atoms with Gasteiger partial charge in [-0.3, -0.25) is 4.79 Å². The van der Waals surface area contributed by atoms with Crippen LogP contribution in [0, 0.1) is 17.2 Å². The van der Waals surface area contributed by atoms with E-state index in [1.165, 1.54) is 12.4 Å². The van der Waals surface area contributed by atoms with E-state index in [2.05, 4.69) is 15.3 Å². The molecule has 2 N–H and O–H groups in total. The molecule has 16 heavy (non-hydrogen) atoms. The number of carboxylic acid groups (broad SMARTS) is 1. The van der Waals surface area contributed by atoms with Gasteiger partial charge in [-0.05, 0) is 6.42 Å². The topological polar surface area (TPSA) is 98.9 Å². The van der Waals surface area contributed by atoms with Gasteiger partial charge in [0.1, 0.15) is 6.07 Å². The third kappa shape index (κ3) is 2.92. The van der Waals surface area contributed by atoms with Crippen LogP contribution in [0.2, 0.25) is 0 Å². The van der Waals surface area contributed by atoms with Crippen LogP contribution in [0.4, 0.5) is 5.82 Å². The van der Waals surface area contributed by atoms with E-state index < -0.39 is 11.9 Å². The van der Waals surface area contributed by atoms with E-state index in [1.807, 2.05) is 6.07 Å². The monoisotopic (exact) mass is 220 g/mol. The van der Waals surface area contributed by atoms with Gasteiger partial charge in [0.05, 0.1) is 5.92 Å². The maximum atomic E-state index is 10.8. The highest BCUT2D eigenvalue weighted by Crippen LogP contribution is 2.09. The van der Waals surface area contributed by atoms with Gasteiger partial charge in [-0.2, -0.15) is 5.26 Å². The van der Waals surface area contributed by atoms with Gasteiger partial charge in [-0.25, -0.2) is 9.97 Å². The van der Waals surface area contributed by atoms with E-state index in [9.17, 15) is 4.79 Å². The van der Waals surface area contributed by atoms with Gasteiger partial charge in [-0.1, -0.05) is 6.92 Å². The fourth-order valence-corrected chi connectivity index (χ4v) is 1.18. The Hall–Kier alpha value is -2.16. The molecule has 1 atom stereocenters. The summed E-state index contributed by atoms with van der Waals surface area (Å²) >= 11 is 0. The molecule has 0 aromatic carbocycles. The van der Waals surface area contributed by atoms with Crippen LogP contribution in [0.25, 0.3) is 0 Å². The highest BCUT2D eigenvalue weighted by molar-refractivity contribution is 5.70.